The minimum atomic E-state index is -0.780. The van der Waals surface area contributed by atoms with Crippen LogP contribution < -0.4 is 5.32 Å². The summed E-state index contributed by atoms with van der Waals surface area (Å²) in [6.07, 6.45) is 60.3. The molecule has 65 heavy (non-hydrogen) atoms. The molecule has 3 unspecified atom stereocenters. The third-order valence-corrected chi connectivity index (χ3v) is 14.2. The highest BCUT2D eigenvalue weighted by molar-refractivity contribution is 5.77. The molecule has 0 aliphatic carbocycles. The molecule has 0 fully saturated rings. The number of hydrogen-bond acceptors (Lipinski definition) is 5. The molecule has 6 nitrogen and oxygen atoms in total. The summed E-state index contributed by atoms with van der Waals surface area (Å²) in [4.78, 5) is 26.3. The molecule has 3 atom stereocenters. The summed E-state index contributed by atoms with van der Waals surface area (Å²) in [5.41, 5.74) is 0. The van der Waals surface area contributed by atoms with Gasteiger partial charge in [-0.3, -0.25) is 9.59 Å². The number of unbranched alkanes of at least 4 members (excludes halogenated alkanes) is 43. The normalized spacial score (nSPS) is 13.0. The number of rotatable bonds is 55. The number of carbonyl (C=O) groups excluding carboxylic acids is 2. The number of amides is 1. The Hall–Kier alpha value is -1.14. The number of esters is 1. The first kappa shape index (κ1) is 63.9. The van der Waals surface area contributed by atoms with Crippen LogP contribution in [0.5, 0.6) is 0 Å². The van der Waals surface area contributed by atoms with Crippen LogP contribution in [-0.2, 0) is 14.3 Å². The van der Waals surface area contributed by atoms with Gasteiger partial charge in [0.05, 0.1) is 25.2 Å². The molecule has 0 radical (unpaired) electrons. The van der Waals surface area contributed by atoms with Crippen molar-refractivity contribution in [3.63, 3.8) is 0 Å². The number of ether oxygens (including phenoxy) is 1. The lowest BCUT2D eigenvalue weighted by molar-refractivity contribution is -0.151. The third-order valence-electron chi connectivity index (χ3n) is 14.2. The van der Waals surface area contributed by atoms with Crippen molar-refractivity contribution in [3.8, 4) is 0 Å². The Morgan fingerprint density at radius 2 is 0.646 bits per heavy atom. The van der Waals surface area contributed by atoms with E-state index in [9.17, 15) is 19.8 Å². The second kappa shape index (κ2) is 53.8. The zero-order valence-electron chi connectivity index (χ0n) is 44.4. The fraction of sp³-hybridized carbons (Fsp3) is 0.966. The molecule has 0 aromatic rings. The van der Waals surface area contributed by atoms with Gasteiger partial charge in [-0.05, 0) is 25.7 Å². The van der Waals surface area contributed by atoms with Gasteiger partial charge in [0.25, 0.3) is 0 Å². The number of hydrogen-bond donors (Lipinski definition) is 3. The van der Waals surface area contributed by atoms with Crippen molar-refractivity contribution >= 4 is 11.9 Å². The van der Waals surface area contributed by atoms with Gasteiger partial charge in [0, 0.05) is 6.42 Å². The Morgan fingerprint density at radius 1 is 0.385 bits per heavy atom. The van der Waals surface area contributed by atoms with E-state index in [2.05, 4.69) is 26.1 Å². The number of aliphatic hydroxyl groups is 2. The topological polar surface area (TPSA) is 95.9 Å². The summed E-state index contributed by atoms with van der Waals surface area (Å²) in [7, 11) is 0. The molecule has 0 heterocycles. The van der Waals surface area contributed by atoms with E-state index < -0.39 is 18.2 Å². The van der Waals surface area contributed by atoms with Gasteiger partial charge in [-0.25, -0.2) is 0 Å². The zero-order chi connectivity index (χ0) is 47.4. The number of nitrogens with one attached hydrogen (secondary N) is 1. The van der Waals surface area contributed by atoms with Gasteiger partial charge in [-0.2, -0.15) is 0 Å². The average Bonchev–Trinajstić information content (AvgIpc) is 3.30. The Kier molecular flexibility index (Phi) is 52.9. The summed E-state index contributed by atoms with van der Waals surface area (Å²) in [6.45, 7) is 6.54. The van der Waals surface area contributed by atoms with Crippen LogP contribution in [0.3, 0.4) is 0 Å². The first-order valence-electron chi connectivity index (χ1n) is 29.8. The predicted octanol–water partition coefficient (Wildman–Crippen LogP) is 18.3. The molecule has 1 amide bonds. The minimum absolute atomic E-state index is 0.0887. The molecule has 0 aromatic carbocycles. The standard InChI is InChI=1S/C59H117NO5/c1-4-7-10-13-16-19-22-25-27-29-30-32-34-37-40-43-46-49-52-59(64)65-55(50-47-44-41-38-35-33-31-28-26-23-20-17-14-11-8-5-2)53-58(63)60-56(54-61)57(62)51-48-45-42-39-36-24-21-18-15-12-9-6-3/h55-57,61-62H,4-54H2,1-3H3,(H,60,63). The van der Waals surface area contributed by atoms with Crippen molar-refractivity contribution in [2.45, 2.75) is 360 Å². The van der Waals surface area contributed by atoms with Gasteiger partial charge in [0.1, 0.15) is 6.10 Å². The van der Waals surface area contributed by atoms with Crippen LogP contribution in [0.4, 0.5) is 0 Å². The van der Waals surface area contributed by atoms with Gasteiger partial charge in [-0.15, -0.1) is 0 Å². The van der Waals surface area contributed by atoms with Gasteiger partial charge in [0.15, 0.2) is 0 Å². The fourth-order valence-corrected chi connectivity index (χ4v) is 9.67. The van der Waals surface area contributed by atoms with Crippen LogP contribution in [0.25, 0.3) is 0 Å². The molecule has 0 bridgehead atoms. The molecule has 0 rings (SSSR count). The SMILES string of the molecule is CCCCCCCCCCCCCCCCCCCCC(=O)OC(CCCCCCCCCCCCCCCCCC)CC(=O)NC(CO)C(O)CCCCCCCCCCCCCC. The largest absolute Gasteiger partial charge is 0.462 e. The summed E-state index contributed by atoms with van der Waals surface area (Å²) in [5, 5.41) is 23.9. The molecule has 3 N–H and O–H groups in total. The highest BCUT2D eigenvalue weighted by Gasteiger charge is 2.24. The van der Waals surface area contributed by atoms with Gasteiger partial charge in [0.2, 0.25) is 5.91 Å². The summed E-state index contributed by atoms with van der Waals surface area (Å²) in [5.74, 6) is -0.443. The highest BCUT2D eigenvalue weighted by Crippen LogP contribution is 2.20. The first-order chi connectivity index (χ1) is 32.0. The molecule has 0 saturated carbocycles. The fourth-order valence-electron chi connectivity index (χ4n) is 9.67. The van der Waals surface area contributed by atoms with Crippen LogP contribution >= 0.6 is 0 Å². The van der Waals surface area contributed by atoms with E-state index >= 15 is 0 Å². The Bertz CT molecular complexity index is 944. The van der Waals surface area contributed by atoms with Crippen LogP contribution in [0.15, 0.2) is 0 Å². The van der Waals surface area contributed by atoms with Crippen molar-refractivity contribution in [2.24, 2.45) is 0 Å². The Morgan fingerprint density at radius 3 is 0.938 bits per heavy atom. The van der Waals surface area contributed by atoms with E-state index in [1.54, 1.807) is 0 Å². The molecular formula is C59H117NO5. The number of carbonyl (C=O) groups is 2. The minimum Gasteiger partial charge on any atom is -0.462 e. The van der Waals surface area contributed by atoms with Crippen molar-refractivity contribution in [1.29, 1.82) is 0 Å². The van der Waals surface area contributed by atoms with E-state index in [0.29, 0.717) is 19.3 Å². The van der Waals surface area contributed by atoms with Crippen molar-refractivity contribution in [3.05, 3.63) is 0 Å². The lowest BCUT2D eigenvalue weighted by atomic mass is 10.0. The van der Waals surface area contributed by atoms with Gasteiger partial charge < -0.3 is 20.3 Å². The Balaban J connectivity index is 4.47. The smallest absolute Gasteiger partial charge is 0.306 e. The molecular weight excluding hydrogens is 803 g/mol. The second-order valence-corrected chi connectivity index (χ2v) is 20.8. The van der Waals surface area contributed by atoms with E-state index in [0.717, 1.165) is 38.5 Å². The maximum Gasteiger partial charge on any atom is 0.306 e. The zero-order valence-corrected chi connectivity index (χ0v) is 44.4. The molecule has 0 aliphatic rings. The Labute approximate surface area is 406 Å². The van der Waals surface area contributed by atoms with E-state index in [1.807, 2.05) is 0 Å². The van der Waals surface area contributed by atoms with E-state index in [-0.39, 0.29) is 24.9 Å². The van der Waals surface area contributed by atoms with Gasteiger partial charge >= 0.3 is 5.97 Å². The molecule has 0 aromatic heterocycles. The molecule has 388 valence electrons. The lowest BCUT2D eigenvalue weighted by Crippen LogP contribution is -2.46. The monoisotopic (exact) mass is 920 g/mol. The molecule has 0 aliphatic heterocycles. The summed E-state index contributed by atoms with van der Waals surface area (Å²) < 4.78 is 5.98. The average molecular weight is 921 g/mol. The van der Waals surface area contributed by atoms with Gasteiger partial charge in [-0.1, -0.05) is 303 Å². The van der Waals surface area contributed by atoms with Crippen LogP contribution in [0, 0.1) is 0 Å². The van der Waals surface area contributed by atoms with Crippen LogP contribution in [0.1, 0.15) is 342 Å². The highest BCUT2D eigenvalue weighted by atomic mass is 16.5. The maximum atomic E-state index is 13.3. The van der Waals surface area contributed by atoms with Crippen molar-refractivity contribution < 1.29 is 24.5 Å². The molecule has 0 saturated heterocycles. The lowest BCUT2D eigenvalue weighted by Gasteiger charge is -2.24. The van der Waals surface area contributed by atoms with Crippen LogP contribution in [-0.4, -0.2) is 46.9 Å². The third kappa shape index (κ3) is 49.1. The summed E-state index contributed by atoms with van der Waals surface area (Å²) in [6, 6.07) is -0.693. The molecule has 6 heteroatoms. The van der Waals surface area contributed by atoms with E-state index in [1.165, 1.54) is 257 Å². The predicted molar refractivity (Wildman–Crippen MR) is 283 cm³/mol. The van der Waals surface area contributed by atoms with E-state index in [4.69, 9.17) is 4.74 Å². The van der Waals surface area contributed by atoms with Crippen LogP contribution in [0.2, 0.25) is 0 Å². The number of aliphatic hydroxyl groups excluding tert-OH is 2. The summed E-state index contributed by atoms with van der Waals surface area (Å²) >= 11 is 0. The second-order valence-electron chi connectivity index (χ2n) is 20.8. The quantitative estimate of drug-likeness (QED) is 0.0417. The maximum absolute atomic E-state index is 13.3. The van der Waals surface area contributed by atoms with Crippen molar-refractivity contribution in [1.82, 2.24) is 5.32 Å². The first-order valence-corrected chi connectivity index (χ1v) is 29.8. The molecule has 0 spiro atoms. The van der Waals surface area contributed by atoms with Crippen molar-refractivity contribution in [2.75, 3.05) is 6.61 Å².